The summed E-state index contributed by atoms with van der Waals surface area (Å²) in [6, 6.07) is 18.3. The lowest BCUT2D eigenvalue weighted by molar-refractivity contribution is -0.117. The largest absolute Gasteiger partial charge is 0.383 e. The molecule has 2 N–H and O–H groups in total. The van der Waals surface area contributed by atoms with E-state index in [-0.39, 0.29) is 23.1 Å². The van der Waals surface area contributed by atoms with E-state index in [4.69, 9.17) is 5.73 Å². The van der Waals surface area contributed by atoms with Crippen molar-refractivity contribution in [3.8, 4) is 6.07 Å². The summed E-state index contributed by atoms with van der Waals surface area (Å²) in [7, 11) is 3.62. The standard InChI is InChI=1S/C24H23FN4O/c1-28(2)29-20-12-16(15-8-4-3-5-9-15)13-21(30)23(20)22(18(14-26)24(29)27)17-10-6-7-11-19(17)25/h3-11,16,22H,12-13,27H2,1-2H3/t16-,22-/m0/s1. The van der Waals surface area contributed by atoms with Crippen LogP contribution in [0.3, 0.4) is 0 Å². The predicted octanol–water partition coefficient (Wildman–Crippen LogP) is 3.80. The van der Waals surface area contributed by atoms with Crippen LogP contribution in [0.15, 0.2) is 77.3 Å². The number of benzene rings is 2. The van der Waals surface area contributed by atoms with Crippen molar-refractivity contribution in [1.29, 1.82) is 5.26 Å². The molecule has 1 heterocycles. The van der Waals surface area contributed by atoms with Gasteiger partial charge in [-0.1, -0.05) is 48.5 Å². The first-order chi connectivity index (χ1) is 14.4. The zero-order valence-electron chi connectivity index (χ0n) is 17.0. The molecule has 6 heteroatoms. The highest BCUT2D eigenvalue weighted by Crippen LogP contribution is 2.48. The summed E-state index contributed by atoms with van der Waals surface area (Å²) in [5.74, 6) is -1.10. The maximum Gasteiger partial charge on any atom is 0.162 e. The second-order valence-corrected chi connectivity index (χ2v) is 7.82. The lowest BCUT2D eigenvalue weighted by Crippen LogP contribution is -2.46. The van der Waals surface area contributed by atoms with Crippen LogP contribution >= 0.6 is 0 Å². The molecular formula is C24H23FN4O. The highest BCUT2D eigenvalue weighted by atomic mass is 19.1. The first-order valence-corrected chi connectivity index (χ1v) is 9.86. The van der Waals surface area contributed by atoms with Gasteiger partial charge in [-0.05, 0) is 24.0 Å². The molecule has 0 radical (unpaired) electrons. The van der Waals surface area contributed by atoms with Gasteiger partial charge in [0.25, 0.3) is 0 Å². The quantitative estimate of drug-likeness (QED) is 0.846. The van der Waals surface area contributed by atoms with Gasteiger partial charge in [-0.2, -0.15) is 5.26 Å². The molecule has 0 saturated heterocycles. The molecule has 2 aliphatic rings. The van der Waals surface area contributed by atoms with E-state index in [1.807, 2.05) is 44.4 Å². The summed E-state index contributed by atoms with van der Waals surface area (Å²) in [5, 5.41) is 13.4. The van der Waals surface area contributed by atoms with E-state index in [2.05, 4.69) is 6.07 Å². The van der Waals surface area contributed by atoms with Crippen LogP contribution in [0.25, 0.3) is 0 Å². The number of hydrogen-bond acceptors (Lipinski definition) is 5. The molecule has 30 heavy (non-hydrogen) atoms. The Morgan fingerprint density at radius 2 is 1.77 bits per heavy atom. The molecule has 0 saturated carbocycles. The number of Topliss-reactive ketones (excluding diaryl/α,β-unsaturated/α-hetero) is 1. The number of nitriles is 1. The second-order valence-electron chi connectivity index (χ2n) is 7.82. The number of carbonyl (C=O) groups excluding carboxylic acids is 1. The number of ketones is 1. The number of nitrogens with zero attached hydrogens (tertiary/aromatic N) is 3. The fourth-order valence-corrected chi connectivity index (χ4v) is 4.55. The first-order valence-electron chi connectivity index (χ1n) is 9.86. The Kier molecular flexibility index (Phi) is 5.15. The van der Waals surface area contributed by atoms with Crippen LogP contribution < -0.4 is 5.73 Å². The van der Waals surface area contributed by atoms with Gasteiger partial charge in [-0.15, -0.1) is 0 Å². The van der Waals surface area contributed by atoms with Crippen molar-refractivity contribution in [3.05, 3.63) is 94.2 Å². The average Bonchev–Trinajstić information content (AvgIpc) is 2.73. The molecule has 0 aromatic heterocycles. The van der Waals surface area contributed by atoms with Gasteiger partial charge in [0.2, 0.25) is 0 Å². The van der Waals surface area contributed by atoms with E-state index in [1.165, 1.54) is 6.07 Å². The summed E-state index contributed by atoms with van der Waals surface area (Å²) in [5.41, 5.74) is 9.19. The Morgan fingerprint density at radius 1 is 1.10 bits per heavy atom. The fourth-order valence-electron chi connectivity index (χ4n) is 4.55. The third-order valence-electron chi connectivity index (χ3n) is 5.83. The SMILES string of the molecule is CN(C)N1C(N)=C(C#N)[C@H](c2ccccc2F)C2=C1C[C@H](c1ccccc1)CC2=O. The predicted molar refractivity (Wildman–Crippen MR) is 112 cm³/mol. The zero-order valence-corrected chi connectivity index (χ0v) is 17.0. The molecule has 2 atom stereocenters. The van der Waals surface area contributed by atoms with Gasteiger partial charge in [-0.3, -0.25) is 9.80 Å². The van der Waals surface area contributed by atoms with Crippen LogP contribution in [0.1, 0.15) is 35.8 Å². The third-order valence-corrected chi connectivity index (χ3v) is 5.83. The van der Waals surface area contributed by atoms with Crippen molar-refractivity contribution in [2.24, 2.45) is 5.73 Å². The Hall–Kier alpha value is -3.43. The maximum absolute atomic E-state index is 14.8. The van der Waals surface area contributed by atoms with Gasteiger partial charge >= 0.3 is 0 Å². The highest BCUT2D eigenvalue weighted by Gasteiger charge is 2.43. The summed E-state index contributed by atoms with van der Waals surface area (Å²) >= 11 is 0. The normalized spacial score (nSPS) is 21.7. The zero-order chi connectivity index (χ0) is 21.4. The molecule has 2 aromatic carbocycles. The smallest absolute Gasteiger partial charge is 0.162 e. The van der Waals surface area contributed by atoms with E-state index >= 15 is 0 Å². The van der Waals surface area contributed by atoms with Gasteiger partial charge in [0, 0.05) is 37.3 Å². The van der Waals surface area contributed by atoms with Crippen molar-refractivity contribution < 1.29 is 9.18 Å². The number of halogens is 1. The molecule has 0 fully saturated rings. The Morgan fingerprint density at radius 3 is 2.40 bits per heavy atom. The van der Waals surface area contributed by atoms with Crippen molar-refractivity contribution in [2.75, 3.05) is 14.1 Å². The molecule has 0 spiro atoms. The average molecular weight is 402 g/mol. The van der Waals surface area contributed by atoms with E-state index in [0.29, 0.717) is 24.0 Å². The van der Waals surface area contributed by atoms with Crippen LogP contribution in [-0.2, 0) is 4.79 Å². The molecule has 1 aliphatic carbocycles. The Balaban J connectivity index is 1.92. The van der Waals surface area contributed by atoms with Crippen LogP contribution in [0, 0.1) is 17.1 Å². The van der Waals surface area contributed by atoms with Crippen molar-refractivity contribution in [1.82, 2.24) is 10.0 Å². The minimum atomic E-state index is -0.799. The molecule has 0 unspecified atom stereocenters. The van der Waals surface area contributed by atoms with Gasteiger partial charge in [0.15, 0.2) is 5.78 Å². The lowest BCUT2D eigenvalue weighted by Gasteiger charge is -2.43. The number of hydrazine groups is 1. The summed E-state index contributed by atoms with van der Waals surface area (Å²) < 4.78 is 14.8. The van der Waals surface area contributed by atoms with E-state index in [0.717, 1.165) is 11.3 Å². The monoisotopic (exact) mass is 402 g/mol. The van der Waals surface area contributed by atoms with Crippen LogP contribution in [0.4, 0.5) is 4.39 Å². The van der Waals surface area contributed by atoms with Crippen molar-refractivity contribution in [3.63, 3.8) is 0 Å². The first kappa shape index (κ1) is 19.9. The van der Waals surface area contributed by atoms with Crippen LogP contribution in [-0.4, -0.2) is 29.9 Å². The number of rotatable bonds is 3. The van der Waals surface area contributed by atoms with Gasteiger partial charge in [0.1, 0.15) is 11.6 Å². The Labute approximate surface area is 175 Å². The van der Waals surface area contributed by atoms with Crippen molar-refractivity contribution >= 4 is 5.78 Å². The minimum Gasteiger partial charge on any atom is -0.383 e. The van der Waals surface area contributed by atoms with Crippen LogP contribution in [0.2, 0.25) is 0 Å². The number of allylic oxidation sites excluding steroid dienone is 3. The highest BCUT2D eigenvalue weighted by molar-refractivity contribution is 6.00. The molecular weight excluding hydrogens is 379 g/mol. The van der Waals surface area contributed by atoms with Gasteiger partial charge in [-0.25, -0.2) is 9.40 Å². The fraction of sp³-hybridized carbons (Fsp3) is 0.250. The molecule has 4 rings (SSSR count). The van der Waals surface area contributed by atoms with E-state index in [9.17, 15) is 14.4 Å². The molecule has 0 amide bonds. The second kappa shape index (κ2) is 7.77. The third kappa shape index (κ3) is 3.17. The van der Waals surface area contributed by atoms with Crippen LogP contribution in [0.5, 0.6) is 0 Å². The molecule has 2 aromatic rings. The van der Waals surface area contributed by atoms with E-state index in [1.54, 1.807) is 28.2 Å². The maximum atomic E-state index is 14.8. The summed E-state index contributed by atoms with van der Waals surface area (Å²) in [4.78, 5) is 13.4. The van der Waals surface area contributed by atoms with Gasteiger partial charge < -0.3 is 5.73 Å². The number of hydrogen-bond donors (Lipinski definition) is 1. The van der Waals surface area contributed by atoms with Crippen molar-refractivity contribution in [2.45, 2.75) is 24.7 Å². The Bertz CT molecular complexity index is 1100. The minimum absolute atomic E-state index is 0.00222. The molecule has 152 valence electrons. The number of nitrogens with two attached hydrogens (primary N) is 1. The molecule has 1 aliphatic heterocycles. The van der Waals surface area contributed by atoms with Gasteiger partial charge in [0.05, 0.1) is 17.6 Å². The lowest BCUT2D eigenvalue weighted by atomic mass is 9.72. The topological polar surface area (TPSA) is 73.4 Å². The molecule has 0 bridgehead atoms. The summed E-state index contributed by atoms with van der Waals surface area (Å²) in [6.45, 7) is 0. The van der Waals surface area contributed by atoms with E-state index < -0.39 is 11.7 Å². The summed E-state index contributed by atoms with van der Waals surface area (Å²) in [6.07, 6.45) is 0.890. The number of carbonyl (C=O) groups is 1. The molecule has 5 nitrogen and oxygen atoms in total.